The van der Waals surface area contributed by atoms with E-state index in [0.29, 0.717) is 11.4 Å². The van der Waals surface area contributed by atoms with Gasteiger partial charge in [0.25, 0.3) is 5.91 Å². The smallest absolute Gasteiger partial charge is 0.271 e. The van der Waals surface area contributed by atoms with Crippen molar-refractivity contribution in [1.82, 2.24) is 25.1 Å². The van der Waals surface area contributed by atoms with Crippen LogP contribution in [-0.4, -0.2) is 32.8 Å². The molecule has 1 amide bonds. The highest BCUT2D eigenvalue weighted by atomic mass is 32.2. The lowest BCUT2D eigenvalue weighted by atomic mass is 10.1. The number of rotatable bonds is 9. The highest BCUT2D eigenvalue weighted by Crippen LogP contribution is 2.31. The van der Waals surface area contributed by atoms with Crippen LogP contribution < -0.4 is 10.1 Å². The summed E-state index contributed by atoms with van der Waals surface area (Å²) in [6.45, 7) is 1.96. The molecule has 0 aliphatic rings. The lowest BCUT2D eigenvalue weighted by Crippen LogP contribution is -2.26. The molecule has 2 heterocycles. The number of thiazole rings is 1. The van der Waals surface area contributed by atoms with Crippen molar-refractivity contribution in [3.05, 3.63) is 107 Å². The van der Waals surface area contributed by atoms with Gasteiger partial charge in [-0.25, -0.2) is 4.98 Å². The van der Waals surface area contributed by atoms with Crippen molar-refractivity contribution < 1.29 is 9.53 Å². The van der Waals surface area contributed by atoms with Crippen molar-refractivity contribution >= 4 is 29.0 Å². The Hall–Kier alpha value is -3.95. The molecule has 0 aliphatic carbocycles. The highest BCUT2D eigenvalue weighted by Gasteiger charge is 2.19. The molecule has 7 nitrogen and oxygen atoms in total. The molecule has 0 radical (unpaired) electrons. The number of carbonyl (C=O) groups excluding carboxylic acids is 1. The molecule has 0 aliphatic heterocycles. The average Bonchev–Trinajstić information content (AvgIpc) is 3.60. The van der Waals surface area contributed by atoms with E-state index in [2.05, 4.69) is 20.5 Å². The van der Waals surface area contributed by atoms with Crippen LogP contribution >= 0.6 is 23.1 Å². The molecule has 1 N–H and O–H groups in total. The zero-order valence-electron chi connectivity index (χ0n) is 20.4. The topological polar surface area (TPSA) is 81.9 Å². The molecular weight excluding hydrogens is 502 g/mol. The predicted molar refractivity (Wildman–Crippen MR) is 147 cm³/mol. The molecule has 1 atom stereocenters. The van der Waals surface area contributed by atoms with Crippen LogP contribution in [0.5, 0.6) is 5.75 Å². The van der Waals surface area contributed by atoms with Crippen molar-refractivity contribution in [2.45, 2.75) is 23.9 Å². The average molecular weight is 528 g/mol. The number of para-hydroxylation sites is 1. The van der Waals surface area contributed by atoms with Crippen molar-refractivity contribution in [2.75, 3.05) is 7.11 Å². The molecule has 37 heavy (non-hydrogen) atoms. The van der Waals surface area contributed by atoms with Gasteiger partial charge in [-0.05, 0) is 36.8 Å². The summed E-state index contributed by atoms with van der Waals surface area (Å²) in [5, 5.41) is 15.4. The second kappa shape index (κ2) is 11.4. The first-order valence-corrected chi connectivity index (χ1v) is 13.6. The number of nitrogens with zero attached hydrogens (tertiary/aromatic N) is 4. The number of carbonyl (C=O) groups is 1. The molecule has 1 unspecified atom stereocenters. The first kappa shape index (κ1) is 24.7. The number of aromatic nitrogens is 4. The third-order valence-electron chi connectivity index (χ3n) is 5.73. The zero-order chi connectivity index (χ0) is 25.6. The number of thioether (sulfide) groups is 1. The minimum Gasteiger partial charge on any atom is -0.497 e. The van der Waals surface area contributed by atoms with E-state index in [1.807, 2.05) is 96.4 Å². The molecule has 9 heteroatoms. The molecule has 3 aromatic carbocycles. The Kier molecular flexibility index (Phi) is 7.62. The summed E-state index contributed by atoms with van der Waals surface area (Å²) in [7, 11) is 1.65. The van der Waals surface area contributed by atoms with E-state index in [4.69, 9.17) is 4.74 Å². The molecule has 5 aromatic rings. The maximum Gasteiger partial charge on any atom is 0.271 e. The predicted octanol–water partition coefficient (Wildman–Crippen LogP) is 6.18. The number of hydrogen-bond acceptors (Lipinski definition) is 7. The highest BCUT2D eigenvalue weighted by molar-refractivity contribution is 7.98. The molecule has 0 bridgehead atoms. The van der Waals surface area contributed by atoms with Crippen LogP contribution in [0.4, 0.5) is 0 Å². The molecule has 186 valence electrons. The van der Waals surface area contributed by atoms with Gasteiger partial charge in [0.1, 0.15) is 16.5 Å². The summed E-state index contributed by atoms with van der Waals surface area (Å²) in [6, 6.07) is 27.5. The molecular formula is C28H25N5O2S2. The van der Waals surface area contributed by atoms with Gasteiger partial charge in [0.2, 0.25) is 0 Å². The molecule has 2 aromatic heterocycles. The number of hydrogen-bond donors (Lipinski definition) is 1. The number of ether oxygens (including phenoxy) is 1. The molecule has 5 rings (SSSR count). The summed E-state index contributed by atoms with van der Waals surface area (Å²) in [5.74, 6) is 1.86. The minimum atomic E-state index is -0.184. The van der Waals surface area contributed by atoms with Gasteiger partial charge in [-0.1, -0.05) is 72.4 Å². The zero-order valence-corrected chi connectivity index (χ0v) is 22.0. The van der Waals surface area contributed by atoms with Crippen LogP contribution in [0.15, 0.2) is 95.5 Å². The van der Waals surface area contributed by atoms with Crippen molar-refractivity contribution in [3.63, 3.8) is 0 Å². The van der Waals surface area contributed by atoms with Gasteiger partial charge in [0.05, 0.1) is 18.9 Å². The standard InChI is InChI=1S/C28H25N5O2S2/c1-19(20-10-5-3-6-11-20)29-27(34)24-17-36-25(30-24)18-37-28-32-31-26(21-12-9-15-23(16-21)35-2)33(28)22-13-7-4-8-14-22/h3-17,19H,18H2,1-2H3,(H,29,34). The first-order valence-electron chi connectivity index (χ1n) is 11.7. The quantitative estimate of drug-likeness (QED) is 0.231. The lowest BCUT2D eigenvalue weighted by molar-refractivity contribution is 0.0935. The Bertz CT molecular complexity index is 1490. The minimum absolute atomic E-state index is 0.104. The van der Waals surface area contributed by atoms with Crippen LogP contribution in [0, 0.1) is 0 Å². The maximum atomic E-state index is 12.8. The summed E-state index contributed by atoms with van der Waals surface area (Å²) >= 11 is 2.99. The Balaban J connectivity index is 1.34. The molecule has 0 fully saturated rings. The van der Waals surface area contributed by atoms with Crippen molar-refractivity contribution in [3.8, 4) is 22.8 Å². The number of benzene rings is 3. The lowest BCUT2D eigenvalue weighted by Gasteiger charge is -2.13. The normalized spacial score (nSPS) is 11.7. The largest absolute Gasteiger partial charge is 0.497 e. The van der Waals surface area contributed by atoms with E-state index in [9.17, 15) is 4.79 Å². The molecule has 0 saturated carbocycles. The van der Waals surface area contributed by atoms with E-state index >= 15 is 0 Å². The number of nitrogens with one attached hydrogen (secondary N) is 1. The fourth-order valence-electron chi connectivity index (χ4n) is 3.83. The van der Waals surface area contributed by atoms with Crippen LogP contribution in [0.3, 0.4) is 0 Å². The van der Waals surface area contributed by atoms with Crippen molar-refractivity contribution in [2.24, 2.45) is 0 Å². The second-order valence-electron chi connectivity index (χ2n) is 8.23. The Morgan fingerprint density at radius 3 is 2.54 bits per heavy atom. The third kappa shape index (κ3) is 5.73. The fourth-order valence-corrected chi connectivity index (χ4v) is 5.57. The van der Waals surface area contributed by atoms with Crippen LogP contribution in [-0.2, 0) is 5.75 Å². The summed E-state index contributed by atoms with van der Waals surface area (Å²) in [6.07, 6.45) is 0. The number of methoxy groups -OCH3 is 1. The Labute approximate surface area is 223 Å². The van der Waals surface area contributed by atoms with E-state index in [-0.39, 0.29) is 11.9 Å². The van der Waals surface area contributed by atoms with Gasteiger partial charge in [0, 0.05) is 16.6 Å². The summed E-state index contributed by atoms with van der Waals surface area (Å²) in [4.78, 5) is 17.3. The Morgan fingerprint density at radius 1 is 1.03 bits per heavy atom. The van der Waals surface area contributed by atoms with Crippen LogP contribution in [0.1, 0.15) is 34.0 Å². The maximum absolute atomic E-state index is 12.8. The van der Waals surface area contributed by atoms with E-state index in [1.54, 1.807) is 12.5 Å². The van der Waals surface area contributed by atoms with Gasteiger partial charge in [-0.2, -0.15) is 0 Å². The summed E-state index contributed by atoms with van der Waals surface area (Å²) in [5.41, 5.74) is 3.34. The van der Waals surface area contributed by atoms with Gasteiger partial charge in [0.15, 0.2) is 11.0 Å². The van der Waals surface area contributed by atoms with E-state index in [1.165, 1.54) is 23.1 Å². The van der Waals surface area contributed by atoms with E-state index in [0.717, 1.165) is 38.6 Å². The second-order valence-corrected chi connectivity index (χ2v) is 10.1. The van der Waals surface area contributed by atoms with Crippen LogP contribution in [0.2, 0.25) is 0 Å². The third-order valence-corrected chi connectivity index (χ3v) is 7.70. The Morgan fingerprint density at radius 2 is 1.78 bits per heavy atom. The van der Waals surface area contributed by atoms with Gasteiger partial charge >= 0.3 is 0 Å². The molecule has 0 spiro atoms. The summed E-state index contributed by atoms with van der Waals surface area (Å²) < 4.78 is 7.43. The SMILES string of the molecule is COc1cccc(-c2nnc(SCc3nc(C(=O)NC(C)c4ccccc4)cs3)n2-c2ccccc2)c1. The molecule has 0 saturated heterocycles. The fraction of sp³-hybridized carbons (Fsp3) is 0.143. The van der Waals surface area contributed by atoms with Gasteiger partial charge in [-0.3, -0.25) is 9.36 Å². The van der Waals surface area contributed by atoms with Gasteiger partial charge in [-0.15, -0.1) is 21.5 Å². The van der Waals surface area contributed by atoms with Crippen molar-refractivity contribution in [1.29, 1.82) is 0 Å². The number of amides is 1. The van der Waals surface area contributed by atoms with E-state index < -0.39 is 0 Å². The monoisotopic (exact) mass is 527 g/mol. The van der Waals surface area contributed by atoms with Gasteiger partial charge < -0.3 is 10.1 Å². The van der Waals surface area contributed by atoms with Crippen LogP contribution in [0.25, 0.3) is 17.1 Å². The first-order chi connectivity index (χ1) is 18.1.